The van der Waals surface area contributed by atoms with Crippen molar-refractivity contribution >= 4 is 5.91 Å². The van der Waals surface area contributed by atoms with E-state index in [9.17, 15) is 13.6 Å². The molecule has 2 fully saturated rings. The lowest BCUT2D eigenvalue weighted by Gasteiger charge is -2.16. The Morgan fingerprint density at radius 2 is 2.12 bits per heavy atom. The van der Waals surface area contributed by atoms with Crippen molar-refractivity contribution in [2.24, 2.45) is 5.92 Å². The van der Waals surface area contributed by atoms with E-state index in [1.54, 1.807) is 12.1 Å². The smallest absolute Gasteiger partial charge is 0.387 e. The van der Waals surface area contributed by atoms with Crippen molar-refractivity contribution < 1.29 is 18.3 Å². The predicted molar refractivity (Wildman–Crippen MR) is 84.2 cm³/mol. The molecule has 1 amide bonds. The molecule has 25 heavy (non-hydrogen) atoms. The van der Waals surface area contributed by atoms with E-state index >= 15 is 0 Å². The van der Waals surface area contributed by atoms with Gasteiger partial charge in [-0.25, -0.2) is 4.98 Å². The molecule has 1 aromatic carbocycles. The third kappa shape index (κ3) is 3.33. The summed E-state index contributed by atoms with van der Waals surface area (Å²) in [5, 5.41) is 6.74. The second-order valence-corrected chi connectivity index (χ2v) is 6.54. The molecule has 1 aromatic heterocycles. The number of hydrogen-bond acceptors (Lipinski definition) is 4. The molecule has 132 valence electrons. The Morgan fingerprint density at radius 3 is 2.80 bits per heavy atom. The molecule has 1 aliphatic heterocycles. The molecule has 2 heterocycles. The van der Waals surface area contributed by atoms with Gasteiger partial charge in [-0.1, -0.05) is 12.1 Å². The van der Waals surface area contributed by atoms with E-state index in [1.807, 2.05) is 4.90 Å². The SMILES string of the molecule is O=C([C@@H]1C[C@H]1c1ccc(OC(F)F)cc1)N1CCC(c2ncn[nH]2)C1. The van der Waals surface area contributed by atoms with Gasteiger partial charge in [-0.05, 0) is 36.5 Å². The maximum Gasteiger partial charge on any atom is 0.387 e. The number of rotatable bonds is 5. The number of nitrogens with one attached hydrogen (secondary N) is 1. The number of benzene rings is 1. The number of amides is 1. The van der Waals surface area contributed by atoms with Crippen molar-refractivity contribution in [1.82, 2.24) is 20.1 Å². The van der Waals surface area contributed by atoms with Crippen LogP contribution in [0.25, 0.3) is 0 Å². The summed E-state index contributed by atoms with van der Waals surface area (Å²) in [6.45, 7) is -1.43. The van der Waals surface area contributed by atoms with Crippen LogP contribution in [0.5, 0.6) is 5.75 Å². The zero-order valence-corrected chi connectivity index (χ0v) is 13.4. The van der Waals surface area contributed by atoms with Crippen LogP contribution in [0.15, 0.2) is 30.6 Å². The first kappa shape index (κ1) is 16.0. The molecule has 6 nitrogen and oxygen atoms in total. The Morgan fingerprint density at radius 1 is 1.32 bits per heavy atom. The van der Waals surface area contributed by atoms with E-state index < -0.39 is 6.61 Å². The zero-order valence-electron chi connectivity index (χ0n) is 13.4. The van der Waals surface area contributed by atoms with Gasteiger partial charge in [0.2, 0.25) is 5.91 Å². The molecule has 2 aromatic rings. The maximum absolute atomic E-state index is 12.7. The lowest BCUT2D eigenvalue weighted by molar-refractivity contribution is -0.131. The lowest BCUT2D eigenvalue weighted by atomic mass is 10.1. The van der Waals surface area contributed by atoms with Gasteiger partial charge in [0.05, 0.1) is 0 Å². The number of alkyl halides is 2. The molecule has 0 bridgehead atoms. The monoisotopic (exact) mass is 348 g/mol. The van der Waals surface area contributed by atoms with Gasteiger partial charge in [0.15, 0.2) is 0 Å². The minimum atomic E-state index is -2.83. The van der Waals surface area contributed by atoms with Gasteiger partial charge in [-0.15, -0.1) is 0 Å². The largest absolute Gasteiger partial charge is 0.435 e. The van der Waals surface area contributed by atoms with Crippen LogP contribution in [0.2, 0.25) is 0 Å². The predicted octanol–water partition coefficient (Wildman–Crippen LogP) is 2.53. The van der Waals surface area contributed by atoms with Crippen molar-refractivity contribution in [2.75, 3.05) is 13.1 Å². The Hall–Kier alpha value is -2.51. The summed E-state index contributed by atoms with van der Waals surface area (Å²) in [5.74, 6) is 1.50. The molecule has 1 aliphatic carbocycles. The Bertz CT molecular complexity index is 736. The van der Waals surface area contributed by atoms with E-state index in [0.717, 1.165) is 30.8 Å². The van der Waals surface area contributed by atoms with Crippen LogP contribution in [0.4, 0.5) is 8.78 Å². The summed E-state index contributed by atoms with van der Waals surface area (Å²) in [5.41, 5.74) is 0.992. The van der Waals surface area contributed by atoms with Gasteiger partial charge in [-0.3, -0.25) is 9.89 Å². The number of carbonyl (C=O) groups is 1. The number of H-pyrrole nitrogens is 1. The quantitative estimate of drug-likeness (QED) is 0.901. The van der Waals surface area contributed by atoms with Gasteiger partial charge in [-0.2, -0.15) is 13.9 Å². The number of ether oxygens (including phenoxy) is 1. The Kier molecular flexibility index (Phi) is 4.10. The highest BCUT2D eigenvalue weighted by Crippen LogP contribution is 2.49. The molecule has 1 saturated heterocycles. The second-order valence-electron chi connectivity index (χ2n) is 6.54. The summed E-state index contributed by atoms with van der Waals surface area (Å²) in [6, 6.07) is 6.57. The highest BCUT2D eigenvalue weighted by molar-refractivity contribution is 5.83. The standard InChI is InChI=1S/C17H18F2N4O2/c18-17(19)25-12-3-1-10(2-4-12)13-7-14(13)16(24)23-6-5-11(8-23)15-20-9-21-22-15/h1-4,9,11,13-14,17H,5-8H2,(H,20,21,22)/t11?,13-,14+/m0/s1. The average Bonchev–Trinajstić information content (AvgIpc) is 3.00. The molecular weight excluding hydrogens is 330 g/mol. The number of aromatic nitrogens is 3. The van der Waals surface area contributed by atoms with Gasteiger partial charge < -0.3 is 9.64 Å². The highest BCUT2D eigenvalue weighted by atomic mass is 19.3. The fourth-order valence-electron chi connectivity index (χ4n) is 3.56. The fourth-order valence-corrected chi connectivity index (χ4v) is 3.56. The van der Waals surface area contributed by atoms with Crippen molar-refractivity contribution in [1.29, 1.82) is 0 Å². The molecule has 2 aliphatic rings. The first-order valence-corrected chi connectivity index (χ1v) is 8.30. The summed E-state index contributed by atoms with van der Waals surface area (Å²) in [4.78, 5) is 18.7. The number of hydrogen-bond donors (Lipinski definition) is 1. The van der Waals surface area contributed by atoms with Gasteiger partial charge in [0, 0.05) is 24.9 Å². The Balaban J connectivity index is 1.34. The van der Waals surface area contributed by atoms with Crippen LogP contribution in [-0.4, -0.2) is 45.7 Å². The van der Waals surface area contributed by atoms with Crippen molar-refractivity contribution in [3.63, 3.8) is 0 Å². The van der Waals surface area contributed by atoms with Gasteiger partial charge in [0.1, 0.15) is 17.9 Å². The van der Waals surface area contributed by atoms with Crippen LogP contribution in [0.1, 0.15) is 36.1 Å². The molecule has 0 spiro atoms. The fraction of sp³-hybridized carbons (Fsp3) is 0.471. The van der Waals surface area contributed by atoms with E-state index in [-0.39, 0.29) is 29.4 Å². The van der Waals surface area contributed by atoms with E-state index in [1.165, 1.54) is 18.5 Å². The van der Waals surface area contributed by atoms with Crippen LogP contribution in [0.3, 0.4) is 0 Å². The number of nitrogens with zero attached hydrogens (tertiary/aromatic N) is 3. The first-order valence-electron chi connectivity index (χ1n) is 8.30. The van der Waals surface area contributed by atoms with Crippen molar-refractivity contribution in [2.45, 2.75) is 31.3 Å². The number of carbonyl (C=O) groups excluding carboxylic acids is 1. The summed E-state index contributed by atoms with van der Waals surface area (Å²) >= 11 is 0. The highest BCUT2D eigenvalue weighted by Gasteiger charge is 2.47. The minimum absolute atomic E-state index is 0.0182. The van der Waals surface area contributed by atoms with Gasteiger partial charge >= 0.3 is 6.61 Å². The van der Waals surface area contributed by atoms with Crippen molar-refractivity contribution in [3.05, 3.63) is 42.0 Å². The summed E-state index contributed by atoms with van der Waals surface area (Å²) < 4.78 is 28.7. The van der Waals surface area contributed by atoms with E-state index in [2.05, 4.69) is 19.9 Å². The number of aromatic amines is 1. The van der Waals surface area contributed by atoms with E-state index in [4.69, 9.17) is 0 Å². The molecule has 1 saturated carbocycles. The normalized spacial score (nSPS) is 25.4. The molecule has 3 atom stereocenters. The zero-order chi connectivity index (χ0) is 17.4. The molecule has 1 unspecified atom stereocenters. The molecule has 0 radical (unpaired) electrons. The molecule has 8 heteroatoms. The molecule has 4 rings (SSSR count). The summed E-state index contributed by atoms with van der Waals surface area (Å²) in [7, 11) is 0. The first-order chi connectivity index (χ1) is 12.1. The third-order valence-corrected chi connectivity index (χ3v) is 4.96. The second kappa shape index (κ2) is 6.42. The van der Waals surface area contributed by atoms with Crippen LogP contribution in [0, 0.1) is 5.92 Å². The van der Waals surface area contributed by atoms with Crippen molar-refractivity contribution in [3.8, 4) is 5.75 Å². The minimum Gasteiger partial charge on any atom is -0.435 e. The lowest BCUT2D eigenvalue weighted by Crippen LogP contribution is -2.30. The number of likely N-dealkylation sites (tertiary alicyclic amines) is 1. The third-order valence-electron chi connectivity index (χ3n) is 4.96. The molecule has 1 N–H and O–H groups in total. The maximum atomic E-state index is 12.7. The van der Waals surface area contributed by atoms with Crippen LogP contribution in [-0.2, 0) is 4.79 Å². The average molecular weight is 348 g/mol. The number of halogens is 2. The summed E-state index contributed by atoms with van der Waals surface area (Å²) in [6.07, 6.45) is 3.17. The van der Waals surface area contributed by atoms with Crippen LogP contribution >= 0.6 is 0 Å². The van der Waals surface area contributed by atoms with E-state index in [0.29, 0.717) is 6.54 Å². The van der Waals surface area contributed by atoms with Gasteiger partial charge in [0.25, 0.3) is 0 Å². The molecular formula is C17H18F2N4O2. The topological polar surface area (TPSA) is 71.1 Å². The van der Waals surface area contributed by atoms with Crippen LogP contribution < -0.4 is 4.74 Å². The Labute approximate surface area is 143 Å².